The number of rotatable bonds is 7. The van der Waals surface area contributed by atoms with Crippen LogP contribution in [0.3, 0.4) is 0 Å². The molecule has 0 saturated carbocycles. The third-order valence-corrected chi connectivity index (χ3v) is 4.25. The van der Waals surface area contributed by atoms with Crippen LogP contribution in [-0.2, 0) is 10.0 Å². The SMILES string of the molecule is CCC(C)CN(C)S(=O)(=O)CCCN. The van der Waals surface area contributed by atoms with Crippen LogP contribution in [-0.4, -0.2) is 38.6 Å². The van der Waals surface area contributed by atoms with Gasteiger partial charge in [-0.25, -0.2) is 12.7 Å². The highest BCUT2D eigenvalue weighted by molar-refractivity contribution is 7.89. The molecule has 0 bridgehead atoms. The average Bonchev–Trinajstić information content (AvgIpc) is 2.14. The molecule has 2 N–H and O–H groups in total. The van der Waals surface area contributed by atoms with E-state index in [1.54, 1.807) is 7.05 Å². The lowest BCUT2D eigenvalue weighted by atomic mass is 10.1. The van der Waals surface area contributed by atoms with Gasteiger partial charge >= 0.3 is 0 Å². The first-order valence-electron chi connectivity index (χ1n) is 5.08. The summed E-state index contributed by atoms with van der Waals surface area (Å²) >= 11 is 0. The normalized spacial score (nSPS) is 14.6. The molecule has 5 heteroatoms. The van der Waals surface area contributed by atoms with Crippen molar-refractivity contribution in [1.29, 1.82) is 0 Å². The van der Waals surface area contributed by atoms with Crippen LogP contribution in [0, 0.1) is 5.92 Å². The highest BCUT2D eigenvalue weighted by atomic mass is 32.2. The van der Waals surface area contributed by atoms with Crippen LogP contribution in [0.25, 0.3) is 0 Å². The van der Waals surface area contributed by atoms with E-state index >= 15 is 0 Å². The lowest BCUT2D eigenvalue weighted by Crippen LogP contribution is -2.33. The summed E-state index contributed by atoms with van der Waals surface area (Å²) < 4.78 is 24.7. The monoisotopic (exact) mass is 222 g/mol. The molecule has 0 heterocycles. The van der Waals surface area contributed by atoms with E-state index in [1.807, 2.05) is 0 Å². The van der Waals surface area contributed by atoms with Gasteiger partial charge in [-0.1, -0.05) is 20.3 Å². The van der Waals surface area contributed by atoms with Gasteiger partial charge in [-0.15, -0.1) is 0 Å². The molecule has 0 aromatic carbocycles. The first-order valence-corrected chi connectivity index (χ1v) is 6.69. The molecular weight excluding hydrogens is 200 g/mol. The van der Waals surface area contributed by atoms with Gasteiger partial charge in [0.15, 0.2) is 0 Å². The number of sulfonamides is 1. The Balaban J connectivity index is 4.14. The molecule has 1 atom stereocenters. The van der Waals surface area contributed by atoms with Crippen LogP contribution in [0.5, 0.6) is 0 Å². The highest BCUT2D eigenvalue weighted by Gasteiger charge is 2.18. The Morgan fingerprint density at radius 2 is 2.00 bits per heavy atom. The summed E-state index contributed by atoms with van der Waals surface area (Å²) in [6.45, 7) is 5.14. The quantitative estimate of drug-likeness (QED) is 0.687. The Morgan fingerprint density at radius 1 is 1.43 bits per heavy atom. The Hall–Kier alpha value is -0.130. The molecule has 0 rings (SSSR count). The van der Waals surface area contributed by atoms with Crippen molar-refractivity contribution < 1.29 is 8.42 Å². The average molecular weight is 222 g/mol. The predicted molar refractivity (Wildman–Crippen MR) is 59.5 cm³/mol. The van der Waals surface area contributed by atoms with Crippen LogP contribution in [0.1, 0.15) is 26.7 Å². The fourth-order valence-corrected chi connectivity index (χ4v) is 2.43. The van der Waals surface area contributed by atoms with Crippen LogP contribution < -0.4 is 5.73 Å². The number of nitrogens with zero attached hydrogens (tertiary/aromatic N) is 1. The van der Waals surface area contributed by atoms with Gasteiger partial charge in [0.1, 0.15) is 0 Å². The molecular formula is C9H22N2O2S. The van der Waals surface area contributed by atoms with Gasteiger partial charge in [-0.2, -0.15) is 0 Å². The summed E-state index contributed by atoms with van der Waals surface area (Å²) in [7, 11) is -1.44. The second kappa shape index (κ2) is 6.37. The van der Waals surface area contributed by atoms with E-state index in [2.05, 4.69) is 13.8 Å². The molecule has 4 nitrogen and oxygen atoms in total. The van der Waals surface area contributed by atoms with Crippen molar-refractivity contribution in [1.82, 2.24) is 4.31 Å². The summed E-state index contributed by atoms with van der Waals surface area (Å²) in [6, 6.07) is 0. The van der Waals surface area contributed by atoms with E-state index in [0.717, 1.165) is 6.42 Å². The van der Waals surface area contributed by atoms with E-state index in [1.165, 1.54) is 4.31 Å². The first kappa shape index (κ1) is 13.9. The van der Waals surface area contributed by atoms with Crippen molar-refractivity contribution in [3.8, 4) is 0 Å². The van der Waals surface area contributed by atoms with E-state index in [-0.39, 0.29) is 5.75 Å². The molecule has 1 unspecified atom stereocenters. The van der Waals surface area contributed by atoms with Gasteiger partial charge in [0.2, 0.25) is 10.0 Å². The van der Waals surface area contributed by atoms with Gasteiger partial charge < -0.3 is 5.73 Å². The highest BCUT2D eigenvalue weighted by Crippen LogP contribution is 2.07. The number of hydrogen-bond acceptors (Lipinski definition) is 3. The van der Waals surface area contributed by atoms with Gasteiger partial charge in [0.05, 0.1) is 5.75 Å². The zero-order valence-corrected chi connectivity index (χ0v) is 10.2. The standard InChI is InChI=1S/C9H22N2O2S/c1-4-9(2)8-11(3)14(12,13)7-5-6-10/h9H,4-8,10H2,1-3H3. The number of nitrogens with two attached hydrogens (primary N) is 1. The number of hydrogen-bond donors (Lipinski definition) is 1. The minimum atomic E-state index is -3.07. The second-order valence-electron chi connectivity index (χ2n) is 3.75. The minimum Gasteiger partial charge on any atom is -0.330 e. The molecule has 0 aromatic heterocycles. The molecule has 0 fully saturated rings. The van der Waals surface area contributed by atoms with Gasteiger partial charge in [0.25, 0.3) is 0 Å². The lowest BCUT2D eigenvalue weighted by molar-refractivity contribution is 0.393. The first-order chi connectivity index (χ1) is 6.44. The van der Waals surface area contributed by atoms with Crippen molar-refractivity contribution in [2.45, 2.75) is 26.7 Å². The summed E-state index contributed by atoms with van der Waals surface area (Å²) in [4.78, 5) is 0. The summed E-state index contributed by atoms with van der Waals surface area (Å²) in [5.41, 5.74) is 5.28. The van der Waals surface area contributed by atoms with E-state index in [4.69, 9.17) is 5.73 Å². The smallest absolute Gasteiger partial charge is 0.213 e. The third-order valence-electron chi connectivity index (χ3n) is 2.35. The Kier molecular flexibility index (Phi) is 6.31. The topological polar surface area (TPSA) is 63.4 Å². The second-order valence-corrected chi connectivity index (χ2v) is 5.95. The summed E-state index contributed by atoms with van der Waals surface area (Å²) in [5, 5.41) is 0. The molecule has 0 spiro atoms. The lowest BCUT2D eigenvalue weighted by Gasteiger charge is -2.20. The largest absolute Gasteiger partial charge is 0.330 e. The third kappa shape index (κ3) is 4.93. The van der Waals surface area contributed by atoms with Crippen LogP contribution in [0.2, 0.25) is 0 Å². The summed E-state index contributed by atoms with van der Waals surface area (Å²) in [6.07, 6.45) is 1.53. The van der Waals surface area contributed by atoms with Crippen molar-refractivity contribution in [2.24, 2.45) is 11.7 Å². The zero-order valence-electron chi connectivity index (χ0n) is 9.36. The van der Waals surface area contributed by atoms with Gasteiger partial charge in [0, 0.05) is 13.6 Å². The maximum Gasteiger partial charge on any atom is 0.213 e. The van der Waals surface area contributed by atoms with Gasteiger partial charge in [-0.05, 0) is 18.9 Å². The molecule has 14 heavy (non-hydrogen) atoms. The zero-order chi connectivity index (χ0) is 11.2. The van der Waals surface area contributed by atoms with Gasteiger partial charge in [-0.3, -0.25) is 0 Å². The molecule has 0 radical (unpaired) electrons. The summed E-state index contributed by atoms with van der Waals surface area (Å²) in [5.74, 6) is 0.573. The van der Waals surface area contributed by atoms with E-state index in [9.17, 15) is 8.42 Å². The fraction of sp³-hybridized carbons (Fsp3) is 1.00. The van der Waals surface area contributed by atoms with E-state index in [0.29, 0.717) is 25.4 Å². The Labute approximate surface area is 87.5 Å². The van der Waals surface area contributed by atoms with E-state index < -0.39 is 10.0 Å². The molecule has 0 aliphatic rings. The Bertz CT molecular complexity index is 239. The minimum absolute atomic E-state index is 0.163. The van der Waals surface area contributed by atoms with Crippen molar-refractivity contribution in [3.63, 3.8) is 0 Å². The maximum absolute atomic E-state index is 11.6. The fourth-order valence-electron chi connectivity index (χ4n) is 1.10. The molecule has 86 valence electrons. The maximum atomic E-state index is 11.6. The van der Waals surface area contributed by atoms with Crippen LogP contribution in [0.4, 0.5) is 0 Å². The molecule has 0 aromatic rings. The Morgan fingerprint density at radius 3 is 2.43 bits per heavy atom. The van der Waals surface area contributed by atoms with Crippen LogP contribution >= 0.6 is 0 Å². The van der Waals surface area contributed by atoms with Crippen molar-refractivity contribution in [2.75, 3.05) is 25.9 Å². The molecule has 0 aliphatic carbocycles. The predicted octanol–water partition coefficient (Wildman–Crippen LogP) is 0.643. The van der Waals surface area contributed by atoms with Crippen molar-refractivity contribution in [3.05, 3.63) is 0 Å². The van der Waals surface area contributed by atoms with Crippen molar-refractivity contribution >= 4 is 10.0 Å². The molecule has 0 aliphatic heterocycles. The molecule has 0 amide bonds. The molecule has 0 saturated heterocycles. The van der Waals surface area contributed by atoms with Crippen LogP contribution in [0.15, 0.2) is 0 Å².